The summed E-state index contributed by atoms with van der Waals surface area (Å²) in [5.41, 5.74) is 0.916. The first-order valence-electron chi connectivity index (χ1n) is 9.35. The molecule has 1 aliphatic rings. The van der Waals surface area contributed by atoms with Crippen LogP contribution in [-0.2, 0) is 11.6 Å². The molecule has 2 aromatic heterocycles. The van der Waals surface area contributed by atoms with Gasteiger partial charge in [-0.1, -0.05) is 32.9 Å². The molecule has 1 aromatic carbocycles. The Bertz CT molecular complexity index is 1060. The minimum absolute atomic E-state index is 0.0722. The zero-order valence-electron chi connectivity index (χ0n) is 16.4. The van der Waals surface area contributed by atoms with Gasteiger partial charge in [0.2, 0.25) is 0 Å². The van der Waals surface area contributed by atoms with Crippen LogP contribution in [0.4, 0.5) is 13.2 Å². The van der Waals surface area contributed by atoms with Crippen molar-refractivity contribution in [2.75, 3.05) is 13.1 Å². The van der Waals surface area contributed by atoms with Crippen LogP contribution >= 0.6 is 0 Å². The van der Waals surface area contributed by atoms with Gasteiger partial charge in [-0.3, -0.25) is 9.78 Å². The molecule has 0 spiro atoms. The number of fused-ring (bicyclic) bond motifs is 1. The van der Waals surface area contributed by atoms with Gasteiger partial charge in [0.15, 0.2) is 0 Å². The number of alkyl halides is 3. The molecule has 152 valence electrons. The van der Waals surface area contributed by atoms with Gasteiger partial charge in [-0.15, -0.1) is 0 Å². The number of rotatable bonds is 2. The Kier molecular flexibility index (Phi) is 4.40. The third-order valence-electron chi connectivity index (χ3n) is 5.08. The van der Waals surface area contributed by atoms with Gasteiger partial charge in [0.1, 0.15) is 11.5 Å². The van der Waals surface area contributed by atoms with E-state index in [0.717, 1.165) is 29.1 Å². The lowest BCUT2D eigenvalue weighted by atomic mass is 9.94. The Morgan fingerprint density at radius 2 is 1.76 bits per heavy atom. The van der Waals surface area contributed by atoms with Crippen LogP contribution in [0.2, 0.25) is 0 Å². The monoisotopic (exact) mass is 402 g/mol. The molecule has 4 rings (SSSR count). The Morgan fingerprint density at radius 3 is 2.34 bits per heavy atom. The molecule has 0 radical (unpaired) electrons. The second kappa shape index (κ2) is 6.57. The fourth-order valence-electron chi connectivity index (χ4n) is 3.60. The average Bonchev–Trinajstić information content (AvgIpc) is 3.00. The van der Waals surface area contributed by atoms with E-state index >= 15 is 0 Å². The van der Waals surface area contributed by atoms with Gasteiger partial charge in [-0.05, 0) is 24.3 Å². The molecular weight excluding hydrogens is 381 g/mol. The number of likely N-dealkylation sites (tertiary alicyclic amines) is 1. The van der Waals surface area contributed by atoms with E-state index in [-0.39, 0.29) is 22.9 Å². The summed E-state index contributed by atoms with van der Waals surface area (Å²) in [5.74, 6) is 0.635. The minimum Gasteiger partial charge on any atom is -0.334 e. The van der Waals surface area contributed by atoms with Crippen molar-refractivity contribution in [3.63, 3.8) is 0 Å². The van der Waals surface area contributed by atoms with E-state index in [1.165, 1.54) is 6.07 Å². The summed E-state index contributed by atoms with van der Waals surface area (Å²) < 4.78 is 40.2. The number of imidazole rings is 1. The number of halogens is 3. The molecule has 3 aromatic rings. The van der Waals surface area contributed by atoms with Crippen LogP contribution in [0.5, 0.6) is 0 Å². The molecule has 8 heteroatoms. The topological polar surface area (TPSA) is 51.0 Å². The van der Waals surface area contributed by atoms with Crippen molar-refractivity contribution < 1.29 is 18.0 Å². The first-order valence-corrected chi connectivity index (χ1v) is 9.35. The van der Waals surface area contributed by atoms with Gasteiger partial charge >= 0.3 is 6.18 Å². The van der Waals surface area contributed by atoms with Gasteiger partial charge in [-0.25, -0.2) is 4.98 Å². The average molecular weight is 402 g/mol. The van der Waals surface area contributed by atoms with Crippen LogP contribution in [-0.4, -0.2) is 38.4 Å². The number of nitrogens with zero attached hydrogens (tertiary/aromatic N) is 4. The number of benzene rings is 1. The molecule has 1 amide bonds. The third-order valence-corrected chi connectivity index (χ3v) is 5.08. The fraction of sp³-hybridized carbons (Fsp3) is 0.381. The highest BCUT2D eigenvalue weighted by Gasteiger charge is 2.37. The highest BCUT2D eigenvalue weighted by molar-refractivity contribution is 5.94. The fourth-order valence-corrected chi connectivity index (χ4v) is 3.60. The van der Waals surface area contributed by atoms with Crippen molar-refractivity contribution in [1.82, 2.24) is 19.4 Å². The predicted octanol–water partition coefficient (Wildman–Crippen LogP) is 4.44. The molecule has 3 heterocycles. The van der Waals surface area contributed by atoms with Crippen LogP contribution in [0.25, 0.3) is 11.0 Å². The first-order chi connectivity index (χ1) is 13.6. The molecule has 0 saturated carbocycles. The van der Waals surface area contributed by atoms with E-state index in [2.05, 4.69) is 30.3 Å². The molecule has 1 fully saturated rings. The molecule has 0 bridgehead atoms. The Balaban J connectivity index is 1.55. The smallest absolute Gasteiger partial charge is 0.334 e. The van der Waals surface area contributed by atoms with Gasteiger partial charge in [0.25, 0.3) is 5.91 Å². The third kappa shape index (κ3) is 3.47. The highest BCUT2D eigenvalue weighted by atomic mass is 19.4. The lowest BCUT2D eigenvalue weighted by Crippen LogP contribution is -2.51. The number of aromatic nitrogens is 3. The predicted molar refractivity (Wildman–Crippen MR) is 103 cm³/mol. The summed E-state index contributed by atoms with van der Waals surface area (Å²) in [7, 11) is 0. The normalized spacial score (nSPS) is 15.6. The summed E-state index contributed by atoms with van der Waals surface area (Å²) in [4.78, 5) is 22.4. The van der Waals surface area contributed by atoms with E-state index in [0.29, 0.717) is 13.1 Å². The van der Waals surface area contributed by atoms with Gasteiger partial charge < -0.3 is 9.47 Å². The highest BCUT2D eigenvalue weighted by Crippen LogP contribution is 2.34. The van der Waals surface area contributed by atoms with Crippen molar-refractivity contribution in [3.8, 4) is 0 Å². The lowest BCUT2D eigenvalue weighted by molar-refractivity contribution is -0.141. The largest absolute Gasteiger partial charge is 0.433 e. The number of pyridine rings is 1. The standard InChI is InChI=1S/C21H21F3N4O/c1-20(2,3)19-26-15-6-4-5-7-16(15)28(19)14-11-27(12-14)18(29)13-8-9-17(25-10-13)21(22,23)24/h4-10,14H,11-12H2,1-3H3. The Hall–Kier alpha value is -2.90. The molecule has 1 aliphatic heterocycles. The van der Waals surface area contributed by atoms with Crippen LogP contribution in [0.1, 0.15) is 48.7 Å². The molecule has 5 nitrogen and oxygen atoms in total. The van der Waals surface area contributed by atoms with Crippen molar-refractivity contribution in [3.05, 3.63) is 59.7 Å². The quantitative estimate of drug-likeness (QED) is 0.637. The zero-order chi connectivity index (χ0) is 21.0. The summed E-state index contributed by atoms with van der Waals surface area (Å²) in [5, 5.41) is 0. The molecule has 0 atom stereocenters. The summed E-state index contributed by atoms with van der Waals surface area (Å²) in [6.07, 6.45) is -3.53. The zero-order valence-corrected chi connectivity index (χ0v) is 16.4. The Morgan fingerprint density at radius 1 is 1.07 bits per heavy atom. The maximum Gasteiger partial charge on any atom is 0.433 e. The van der Waals surface area contributed by atoms with E-state index in [4.69, 9.17) is 4.98 Å². The Labute approximate surface area is 166 Å². The number of carbonyl (C=O) groups is 1. The molecule has 0 unspecified atom stereocenters. The van der Waals surface area contributed by atoms with Crippen LogP contribution in [0.15, 0.2) is 42.6 Å². The second-order valence-corrected chi connectivity index (χ2v) is 8.34. The number of hydrogen-bond acceptors (Lipinski definition) is 3. The first kappa shape index (κ1) is 19.4. The maximum atomic E-state index is 12.7. The van der Waals surface area contributed by atoms with Gasteiger partial charge in [0, 0.05) is 24.7 Å². The van der Waals surface area contributed by atoms with Crippen LogP contribution < -0.4 is 0 Å². The number of hydrogen-bond donors (Lipinski definition) is 0. The van der Waals surface area contributed by atoms with Crippen molar-refractivity contribution in [2.24, 2.45) is 0 Å². The van der Waals surface area contributed by atoms with Crippen LogP contribution in [0.3, 0.4) is 0 Å². The SMILES string of the molecule is CC(C)(C)c1nc2ccccc2n1C1CN(C(=O)c2ccc(C(F)(F)F)nc2)C1. The van der Waals surface area contributed by atoms with Crippen LogP contribution in [0, 0.1) is 0 Å². The minimum atomic E-state index is -4.52. The summed E-state index contributed by atoms with van der Waals surface area (Å²) >= 11 is 0. The summed E-state index contributed by atoms with van der Waals surface area (Å²) in [6, 6.07) is 9.98. The number of amides is 1. The number of carbonyl (C=O) groups excluding carboxylic acids is 1. The second-order valence-electron chi connectivity index (χ2n) is 8.34. The molecule has 0 aliphatic carbocycles. The van der Waals surface area contributed by atoms with Gasteiger partial charge in [0.05, 0.1) is 22.6 Å². The molecule has 0 N–H and O–H groups in total. The van der Waals surface area contributed by atoms with E-state index in [1.807, 2.05) is 24.3 Å². The summed E-state index contributed by atoms with van der Waals surface area (Å²) in [6.45, 7) is 7.24. The molecule has 1 saturated heterocycles. The van der Waals surface area contributed by atoms with Crippen molar-refractivity contribution in [1.29, 1.82) is 0 Å². The van der Waals surface area contributed by atoms with E-state index < -0.39 is 11.9 Å². The van der Waals surface area contributed by atoms with Crippen molar-refractivity contribution in [2.45, 2.75) is 38.4 Å². The molecular formula is C21H21F3N4O. The lowest BCUT2D eigenvalue weighted by Gasteiger charge is -2.41. The van der Waals surface area contributed by atoms with Gasteiger partial charge in [-0.2, -0.15) is 13.2 Å². The van der Waals surface area contributed by atoms with Crippen molar-refractivity contribution >= 4 is 16.9 Å². The number of para-hydroxylation sites is 2. The molecule has 29 heavy (non-hydrogen) atoms. The van der Waals surface area contributed by atoms with E-state index in [9.17, 15) is 18.0 Å². The maximum absolute atomic E-state index is 12.7. The van der Waals surface area contributed by atoms with E-state index in [1.54, 1.807) is 4.90 Å².